The molecule has 1 aliphatic carbocycles. The van der Waals surface area contributed by atoms with Crippen LogP contribution in [0.3, 0.4) is 0 Å². The van der Waals surface area contributed by atoms with E-state index in [1.165, 1.54) is 6.33 Å². The van der Waals surface area contributed by atoms with Crippen molar-refractivity contribution in [1.29, 1.82) is 0 Å². The second-order valence-corrected chi connectivity index (χ2v) is 8.22. The van der Waals surface area contributed by atoms with E-state index in [0.717, 1.165) is 66.6 Å². The van der Waals surface area contributed by atoms with Crippen LogP contribution >= 0.6 is 22.6 Å². The molecule has 4 rings (SSSR count). The highest BCUT2D eigenvalue weighted by molar-refractivity contribution is 14.1. The predicted molar refractivity (Wildman–Crippen MR) is 108 cm³/mol. The van der Waals surface area contributed by atoms with Gasteiger partial charge in [0.15, 0.2) is 5.65 Å². The number of aromatic nitrogens is 4. The third-order valence-corrected chi connectivity index (χ3v) is 6.52. The number of anilines is 1. The lowest BCUT2D eigenvalue weighted by Gasteiger charge is -2.41. The van der Waals surface area contributed by atoms with Crippen molar-refractivity contribution >= 4 is 45.3 Å². The zero-order valence-electron chi connectivity index (χ0n) is 14.9. The van der Waals surface area contributed by atoms with Crippen molar-refractivity contribution in [2.45, 2.75) is 44.7 Å². The standard InChI is InChI=1S/C17H24IN7O/c1-11(26)23-6-8-24(9-7-23)12-2-4-13(5-3-12)25-17-14(15(18)22-25)16(19)20-10-21-17/h10,12-13H,2-9H2,1H3,(H2,19,20,21)/t12-,13+. The van der Waals surface area contributed by atoms with Crippen LogP contribution in [0.2, 0.25) is 0 Å². The molecule has 0 atom stereocenters. The number of hydrogen-bond donors (Lipinski definition) is 1. The van der Waals surface area contributed by atoms with Crippen molar-refractivity contribution in [3.63, 3.8) is 0 Å². The number of amides is 1. The summed E-state index contributed by atoms with van der Waals surface area (Å²) in [5.41, 5.74) is 6.86. The minimum atomic E-state index is 0.190. The molecule has 2 aromatic rings. The van der Waals surface area contributed by atoms with Gasteiger partial charge in [-0.15, -0.1) is 0 Å². The second kappa shape index (κ2) is 7.26. The number of nitrogen functional groups attached to an aromatic ring is 1. The number of nitrogens with two attached hydrogens (primary N) is 1. The van der Waals surface area contributed by atoms with Gasteiger partial charge in [-0.2, -0.15) is 5.10 Å². The molecule has 1 aliphatic heterocycles. The lowest BCUT2D eigenvalue weighted by molar-refractivity contribution is -0.131. The van der Waals surface area contributed by atoms with Crippen molar-refractivity contribution in [2.75, 3.05) is 31.9 Å². The van der Waals surface area contributed by atoms with Crippen molar-refractivity contribution in [3.8, 4) is 0 Å². The molecule has 0 spiro atoms. The lowest BCUT2D eigenvalue weighted by atomic mass is 9.90. The summed E-state index contributed by atoms with van der Waals surface area (Å²) in [6.45, 7) is 5.34. The average molecular weight is 469 g/mol. The van der Waals surface area contributed by atoms with Gasteiger partial charge >= 0.3 is 0 Å². The Morgan fingerprint density at radius 2 is 1.77 bits per heavy atom. The molecule has 1 amide bonds. The Labute approximate surface area is 166 Å². The number of hydrogen-bond acceptors (Lipinski definition) is 6. The summed E-state index contributed by atoms with van der Waals surface area (Å²) >= 11 is 2.21. The molecule has 2 aromatic heterocycles. The van der Waals surface area contributed by atoms with Gasteiger partial charge in [-0.25, -0.2) is 14.6 Å². The summed E-state index contributed by atoms with van der Waals surface area (Å²) < 4.78 is 2.93. The number of fused-ring (bicyclic) bond motifs is 1. The summed E-state index contributed by atoms with van der Waals surface area (Å²) in [4.78, 5) is 24.5. The maximum Gasteiger partial charge on any atom is 0.219 e. The van der Waals surface area contributed by atoms with Crippen molar-refractivity contribution in [1.82, 2.24) is 29.5 Å². The van der Waals surface area contributed by atoms with Gasteiger partial charge in [0.1, 0.15) is 15.8 Å². The molecule has 9 heteroatoms. The maximum absolute atomic E-state index is 11.5. The molecule has 0 unspecified atom stereocenters. The van der Waals surface area contributed by atoms with E-state index in [1.54, 1.807) is 6.92 Å². The highest BCUT2D eigenvalue weighted by Crippen LogP contribution is 2.34. The first-order chi connectivity index (χ1) is 12.5. The number of nitrogens with zero attached hydrogens (tertiary/aromatic N) is 6. The fraction of sp³-hybridized carbons (Fsp3) is 0.647. The molecule has 0 aromatic carbocycles. The molecular formula is C17H24IN7O. The quantitative estimate of drug-likeness (QED) is 0.673. The van der Waals surface area contributed by atoms with Gasteiger partial charge in [-0.05, 0) is 48.3 Å². The number of carbonyl (C=O) groups excluding carboxylic acids is 1. The molecular weight excluding hydrogens is 445 g/mol. The lowest BCUT2D eigenvalue weighted by Crippen LogP contribution is -2.52. The summed E-state index contributed by atoms with van der Waals surface area (Å²) in [6, 6.07) is 0.978. The second-order valence-electron chi connectivity index (χ2n) is 7.20. The summed E-state index contributed by atoms with van der Waals surface area (Å²) in [7, 11) is 0. The van der Waals surface area contributed by atoms with E-state index >= 15 is 0 Å². The van der Waals surface area contributed by atoms with Gasteiger partial charge < -0.3 is 10.6 Å². The largest absolute Gasteiger partial charge is 0.383 e. The predicted octanol–water partition coefficient (Wildman–Crippen LogP) is 1.66. The molecule has 140 valence electrons. The van der Waals surface area contributed by atoms with Crippen molar-refractivity contribution in [2.24, 2.45) is 0 Å². The first-order valence-corrected chi connectivity index (χ1v) is 10.3. The van der Waals surface area contributed by atoms with E-state index in [0.29, 0.717) is 17.9 Å². The van der Waals surface area contributed by atoms with Crippen LogP contribution in [-0.2, 0) is 4.79 Å². The molecule has 8 nitrogen and oxygen atoms in total. The summed E-state index contributed by atoms with van der Waals surface area (Å²) in [5.74, 6) is 0.692. The van der Waals surface area contributed by atoms with Gasteiger partial charge in [0.05, 0.1) is 11.4 Å². The van der Waals surface area contributed by atoms with E-state index in [1.807, 2.05) is 4.90 Å². The van der Waals surface area contributed by atoms with Crippen LogP contribution in [0.4, 0.5) is 5.82 Å². The molecule has 0 radical (unpaired) electrons. The topological polar surface area (TPSA) is 93.2 Å². The van der Waals surface area contributed by atoms with Gasteiger partial charge in [-0.1, -0.05) is 0 Å². The van der Waals surface area contributed by atoms with Gasteiger partial charge in [-0.3, -0.25) is 9.69 Å². The van der Waals surface area contributed by atoms with Crippen molar-refractivity contribution < 1.29 is 4.79 Å². The Kier molecular flexibility index (Phi) is 5.00. The van der Waals surface area contributed by atoms with Crippen LogP contribution in [0.25, 0.3) is 11.0 Å². The first kappa shape index (κ1) is 17.9. The van der Waals surface area contributed by atoms with Gasteiger partial charge in [0, 0.05) is 39.1 Å². The van der Waals surface area contributed by atoms with Crippen LogP contribution < -0.4 is 5.73 Å². The van der Waals surface area contributed by atoms with E-state index in [2.05, 4.69) is 42.1 Å². The monoisotopic (exact) mass is 469 g/mol. The highest BCUT2D eigenvalue weighted by Gasteiger charge is 2.31. The molecule has 26 heavy (non-hydrogen) atoms. The molecule has 0 bridgehead atoms. The smallest absolute Gasteiger partial charge is 0.219 e. The normalized spacial score (nSPS) is 24.9. The fourth-order valence-electron chi connectivity index (χ4n) is 4.28. The van der Waals surface area contributed by atoms with Gasteiger partial charge in [0.2, 0.25) is 5.91 Å². The van der Waals surface area contributed by atoms with E-state index in [-0.39, 0.29) is 5.91 Å². The van der Waals surface area contributed by atoms with Crippen LogP contribution in [-0.4, -0.2) is 67.7 Å². The number of rotatable bonds is 2. The Morgan fingerprint density at radius 3 is 2.42 bits per heavy atom. The van der Waals surface area contributed by atoms with Crippen LogP contribution in [0.15, 0.2) is 6.33 Å². The minimum Gasteiger partial charge on any atom is -0.383 e. The minimum absolute atomic E-state index is 0.190. The molecule has 2 fully saturated rings. The van der Waals surface area contributed by atoms with Crippen molar-refractivity contribution in [3.05, 3.63) is 10.0 Å². The number of halogens is 1. The molecule has 3 heterocycles. The van der Waals surface area contributed by atoms with Crippen LogP contribution in [0.1, 0.15) is 38.6 Å². The Morgan fingerprint density at radius 1 is 1.12 bits per heavy atom. The van der Waals surface area contributed by atoms with E-state index in [9.17, 15) is 4.79 Å². The number of piperazine rings is 1. The Bertz CT molecular complexity index is 807. The highest BCUT2D eigenvalue weighted by atomic mass is 127. The Hall–Kier alpha value is -1.49. The third-order valence-electron chi connectivity index (χ3n) is 5.76. The SMILES string of the molecule is CC(=O)N1CCN([C@H]2CC[C@@H](n3nc(I)c4c(N)ncnc43)CC2)CC1. The summed E-state index contributed by atoms with van der Waals surface area (Å²) in [5, 5.41) is 5.58. The fourth-order valence-corrected chi connectivity index (χ4v) is 5.03. The van der Waals surface area contributed by atoms with Crippen LogP contribution in [0, 0.1) is 3.70 Å². The third kappa shape index (κ3) is 3.26. The van der Waals surface area contributed by atoms with Gasteiger partial charge in [0.25, 0.3) is 0 Å². The first-order valence-electron chi connectivity index (χ1n) is 9.18. The molecule has 2 aliphatic rings. The summed E-state index contributed by atoms with van der Waals surface area (Å²) in [6.07, 6.45) is 6.02. The zero-order valence-corrected chi connectivity index (χ0v) is 17.1. The molecule has 2 N–H and O–H groups in total. The van der Waals surface area contributed by atoms with Crippen LogP contribution in [0.5, 0.6) is 0 Å². The zero-order chi connectivity index (χ0) is 18.3. The van der Waals surface area contributed by atoms with E-state index in [4.69, 9.17) is 10.8 Å². The average Bonchev–Trinajstić information content (AvgIpc) is 3.00. The molecule has 1 saturated heterocycles. The number of carbonyl (C=O) groups is 1. The maximum atomic E-state index is 11.5. The van der Waals surface area contributed by atoms with E-state index < -0.39 is 0 Å². The molecule has 1 saturated carbocycles. The Balaban J connectivity index is 1.42.